The predicted octanol–water partition coefficient (Wildman–Crippen LogP) is 2.96. The number of unbranched alkanes of at least 4 members (excludes halogenated alkanes) is 1. The Hall–Kier alpha value is -0.590. The van der Waals surface area contributed by atoms with Gasteiger partial charge in [-0.3, -0.25) is 4.79 Å². The van der Waals surface area contributed by atoms with Gasteiger partial charge < -0.3 is 0 Å². The van der Waals surface area contributed by atoms with E-state index in [4.69, 9.17) is 0 Å². The lowest BCUT2D eigenvalue weighted by atomic mass is 9.96. The van der Waals surface area contributed by atoms with Gasteiger partial charge in [-0.15, -0.1) is 6.58 Å². The maximum Gasteiger partial charge on any atom is 0.132 e. The monoisotopic (exact) mass is 154 g/mol. The Kier molecular flexibility index (Phi) is 5.81. The third kappa shape index (κ3) is 4.77. The van der Waals surface area contributed by atoms with E-state index in [1.165, 1.54) is 0 Å². The normalized spacial score (nSPS) is 12.5. The molecule has 0 aromatic rings. The molecule has 0 amide bonds. The Balaban J connectivity index is 3.52. The zero-order chi connectivity index (χ0) is 8.69. The average molecular weight is 154 g/mol. The zero-order valence-corrected chi connectivity index (χ0v) is 7.60. The average Bonchev–Trinajstić information content (AvgIpc) is 1.97. The number of ketones is 1. The van der Waals surface area contributed by atoms with Crippen LogP contribution in [-0.4, -0.2) is 5.78 Å². The minimum atomic E-state index is 0.287. The van der Waals surface area contributed by atoms with Crippen LogP contribution in [0.2, 0.25) is 0 Å². The highest BCUT2D eigenvalue weighted by atomic mass is 16.1. The Morgan fingerprint density at radius 2 is 2.27 bits per heavy atom. The summed E-state index contributed by atoms with van der Waals surface area (Å²) in [5.41, 5.74) is 0. The van der Waals surface area contributed by atoms with E-state index in [1.807, 2.05) is 6.08 Å². The van der Waals surface area contributed by atoms with Gasteiger partial charge in [0.2, 0.25) is 0 Å². The molecule has 0 radical (unpaired) electrons. The molecule has 0 aliphatic carbocycles. The standard InChI is InChI=1S/C10H18O/c1-4-6-7-8-10(5-2)9(3)11/h4,10H,1,5-8H2,2-3H3. The van der Waals surface area contributed by atoms with Gasteiger partial charge in [0, 0.05) is 5.92 Å². The van der Waals surface area contributed by atoms with Crippen molar-refractivity contribution in [1.29, 1.82) is 0 Å². The fourth-order valence-electron chi connectivity index (χ4n) is 1.20. The van der Waals surface area contributed by atoms with Gasteiger partial charge in [-0.1, -0.05) is 13.0 Å². The summed E-state index contributed by atoms with van der Waals surface area (Å²) in [6.45, 7) is 7.40. The molecule has 0 bridgehead atoms. The minimum Gasteiger partial charge on any atom is -0.300 e. The summed E-state index contributed by atoms with van der Waals surface area (Å²) in [4.78, 5) is 10.9. The molecule has 0 heterocycles. The molecule has 0 rings (SSSR count). The fraction of sp³-hybridized carbons (Fsp3) is 0.700. The molecule has 1 heteroatoms. The van der Waals surface area contributed by atoms with Gasteiger partial charge in [0.1, 0.15) is 5.78 Å². The topological polar surface area (TPSA) is 17.1 Å². The Morgan fingerprint density at radius 1 is 1.64 bits per heavy atom. The molecule has 64 valence electrons. The molecule has 1 atom stereocenters. The van der Waals surface area contributed by atoms with Crippen molar-refractivity contribution in [3.8, 4) is 0 Å². The second kappa shape index (κ2) is 6.14. The Bertz CT molecular complexity index is 127. The van der Waals surface area contributed by atoms with E-state index >= 15 is 0 Å². The van der Waals surface area contributed by atoms with Crippen molar-refractivity contribution in [2.75, 3.05) is 0 Å². The van der Waals surface area contributed by atoms with Crippen LogP contribution in [0.5, 0.6) is 0 Å². The molecule has 1 unspecified atom stereocenters. The summed E-state index contributed by atoms with van der Waals surface area (Å²) in [5, 5.41) is 0. The maximum atomic E-state index is 10.9. The molecule has 0 fully saturated rings. The number of rotatable bonds is 6. The van der Waals surface area contributed by atoms with Gasteiger partial charge in [0.05, 0.1) is 0 Å². The lowest BCUT2D eigenvalue weighted by Crippen LogP contribution is -2.08. The largest absolute Gasteiger partial charge is 0.300 e. The maximum absolute atomic E-state index is 10.9. The highest BCUT2D eigenvalue weighted by Crippen LogP contribution is 2.13. The lowest BCUT2D eigenvalue weighted by molar-refractivity contribution is -0.121. The Labute approximate surface area is 69.5 Å². The van der Waals surface area contributed by atoms with Gasteiger partial charge in [0.25, 0.3) is 0 Å². The first-order valence-corrected chi connectivity index (χ1v) is 4.33. The van der Waals surface area contributed by atoms with E-state index in [9.17, 15) is 4.79 Å². The first kappa shape index (κ1) is 10.4. The second-order valence-electron chi connectivity index (χ2n) is 2.94. The summed E-state index contributed by atoms with van der Waals surface area (Å²) in [6.07, 6.45) is 6.04. The molecule has 11 heavy (non-hydrogen) atoms. The molecule has 0 aromatic heterocycles. The summed E-state index contributed by atoms with van der Waals surface area (Å²) >= 11 is 0. The van der Waals surface area contributed by atoms with Crippen molar-refractivity contribution in [3.63, 3.8) is 0 Å². The SMILES string of the molecule is C=CCCCC(CC)C(C)=O. The van der Waals surface area contributed by atoms with Crippen molar-refractivity contribution in [3.05, 3.63) is 12.7 Å². The van der Waals surface area contributed by atoms with E-state index in [-0.39, 0.29) is 5.92 Å². The van der Waals surface area contributed by atoms with Crippen LogP contribution in [0.1, 0.15) is 39.5 Å². The second-order valence-corrected chi connectivity index (χ2v) is 2.94. The summed E-state index contributed by atoms with van der Waals surface area (Å²) in [6, 6.07) is 0. The van der Waals surface area contributed by atoms with Gasteiger partial charge in [0.15, 0.2) is 0 Å². The van der Waals surface area contributed by atoms with Crippen molar-refractivity contribution in [2.45, 2.75) is 39.5 Å². The van der Waals surface area contributed by atoms with E-state index in [0.29, 0.717) is 5.78 Å². The molecule has 0 aliphatic rings. The molecule has 0 saturated heterocycles. The molecule has 0 N–H and O–H groups in total. The summed E-state index contributed by atoms with van der Waals surface area (Å²) in [5.74, 6) is 0.617. The number of hydrogen-bond acceptors (Lipinski definition) is 1. The molecule has 0 spiro atoms. The molecular weight excluding hydrogens is 136 g/mol. The smallest absolute Gasteiger partial charge is 0.132 e. The van der Waals surface area contributed by atoms with E-state index in [2.05, 4.69) is 13.5 Å². The van der Waals surface area contributed by atoms with Crippen LogP contribution >= 0.6 is 0 Å². The highest BCUT2D eigenvalue weighted by molar-refractivity contribution is 5.78. The molecule has 0 aromatic carbocycles. The van der Waals surface area contributed by atoms with Crippen LogP contribution in [0.25, 0.3) is 0 Å². The van der Waals surface area contributed by atoms with E-state index < -0.39 is 0 Å². The summed E-state index contributed by atoms with van der Waals surface area (Å²) in [7, 11) is 0. The van der Waals surface area contributed by atoms with Crippen LogP contribution in [0.15, 0.2) is 12.7 Å². The number of hydrogen-bond donors (Lipinski definition) is 0. The molecule has 0 aliphatic heterocycles. The first-order valence-electron chi connectivity index (χ1n) is 4.33. The zero-order valence-electron chi connectivity index (χ0n) is 7.60. The van der Waals surface area contributed by atoms with Crippen molar-refractivity contribution in [1.82, 2.24) is 0 Å². The number of carbonyl (C=O) groups excluding carboxylic acids is 1. The van der Waals surface area contributed by atoms with Crippen LogP contribution < -0.4 is 0 Å². The molecular formula is C10H18O. The van der Waals surface area contributed by atoms with Gasteiger partial charge in [-0.05, 0) is 32.6 Å². The van der Waals surface area contributed by atoms with Crippen LogP contribution in [-0.2, 0) is 4.79 Å². The molecule has 1 nitrogen and oxygen atoms in total. The highest BCUT2D eigenvalue weighted by Gasteiger charge is 2.09. The Morgan fingerprint density at radius 3 is 2.64 bits per heavy atom. The number of allylic oxidation sites excluding steroid dienone is 1. The number of Topliss-reactive ketones (excluding diaryl/α,β-unsaturated/α-hetero) is 1. The predicted molar refractivity (Wildman–Crippen MR) is 48.5 cm³/mol. The van der Waals surface area contributed by atoms with Crippen LogP contribution in [0.3, 0.4) is 0 Å². The summed E-state index contributed by atoms with van der Waals surface area (Å²) < 4.78 is 0. The third-order valence-corrected chi connectivity index (χ3v) is 2.03. The van der Waals surface area contributed by atoms with Gasteiger partial charge in [-0.25, -0.2) is 0 Å². The third-order valence-electron chi connectivity index (χ3n) is 2.03. The van der Waals surface area contributed by atoms with Gasteiger partial charge >= 0.3 is 0 Å². The van der Waals surface area contributed by atoms with Crippen molar-refractivity contribution in [2.24, 2.45) is 5.92 Å². The number of carbonyl (C=O) groups is 1. The molecule has 0 saturated carbocycles. The van der Waals surface area contributed by atoms with Crippen LogP contribution in [0.4, 0.5) is 0 Å². The van der Waals surface area contributed by atoms with Gasteiger partial charge in [-0.2, -0.15) is 0 Å². The minimum absolute atomic E-state index is 0.287. The lowest BCUT2D eigenvalue weighted by Gasteiger charge is -2.08. The quantitative estimate of drug-likeness (QED) is 0.424. The fourth-order valence-corrected chi connectivity index (χ4v) is 1.20. The van der Waals surface area contributed by atoms with E-state index in [1.54, 1.807) is 6.92 Å². The van der Waals surface area contributed by atoms with E-state index in [0.717, 1.165) is 25.7 Å². The van der Waals surface area contributed by atoms with Crippen molar-refractivity contribution >= 4 is 5.78 Å². The first-order chi connectivity index (χ1) is 5.22. The van der Waals surface area contributed by atoms with Crippen LogP contribution in [0, 0.1) is 5.92 Å². The van der Waals surface area contributed by atoms with Crippen molar-refractivity contribution < 1.29 is 4.79 Å².